The summed E-state index contributed by atoms with van der Waals surface area (Å²) in [4.78, 5) is 41.2. The number of nitrogens with zero attached hydrogens (tertiary/aromatic N) is 2. The van der Waals surface area contributed by atoms with Crippen LogP contribution in [0.5, 0.6) is 0 Å². The molecule has 1 N–H and O–H groups in total. The zero-order valence-electron chi connectivity index (χ0n) is 15.7. The van der Waals surface area contributed by atoms with Crippen LogP contribution in [0.1, 0.15) is 28.2 Å². The van der Waals surface area contributed by atoms with E-state index in [1.165, 1.54) is 30.3 Å². The molecule has 8 heteroatoms. The number of hydrogen-bond acceptors (Lipinski definition) is 5. The summed E-state index contributed by atoms with van der Waals surface area (Å²) in [5, 5.41) is 2.79. The van der Waals surface area contributed by atoms with Gasteiger partial charge >= 0.3 is 5.97 Å². The molecule has 148 valence electrons. The first-order chi connectivity index (χ1) is 13.9. The molecule has 1 aromatic heterocycles. The number of nitrogens with one attached hydrogen (secondary N) is 1. The van der Waals surface area contributed by atoms with E-state index in [1.807, 2.05) is 0 Å². The number of carbonyl (C=O) groups excluding carboxylic acids is 2. The molecule has 2 aromatic carbocycles. The number of aryl methyl sites for hydroxylation is 2. The third kappa shape index (κ3) is 3.73. The van der Waals surface area contributed by atoms with E-state index < -0.39 is 24.3 Å². The first-order valence-electron chi connectivity index (χ1n) is 9.19. The number of anilines is 1. The molecular weight excluding hydrogens is 377 g/mol. The average molecular weight is 395 g/mol. The van der Waals surface area contributed by atoms with E-state index in [1.54, 1.807) is 17.6 Å². The SMILES string of the molecule is Cc1ccc(NC(=O)COC(=O)c2ccc3c(=O)n4c(nc3c2)CCC4)c(F)c1. The van der Waals surface area contributed by atoms with Crippen LogP contribution in [0.25, 0.3) is 10.9 Å². The lowest BCUT2D eigenvalue weighted by Gasteiger charge is -2.09. The van der Waals surface area contributed by atoms with E-state index in [2.05, 4.69) is 10.3 Å². The summed E-state index contributed by atoms with van der Waals surface area (Å²) in [6, 6.07) is 8.88. The van der Waals surface area contributed by atoms with E-state index in [4.69, 9.17) is 4.74 Å². The van der Waals surface area contributed by atoms with E-state index in [0.717, 1.165) is 18.4 Å². The van der Waals surface area contributed by atoms with Crippen molar-refractivity contribution < 1.29 is 18.7 Å². The quantitative estimate of drug-likeness (QED) is 0.686. The highest BCUT2D eigenvalue weighted by Gasteiger charge is 2.18. The van der Waals surface area contributed by atoms with Gasteiger partial charge in [0, 0.05) is 13.0 Å². The number of aromatic nitrogens is 2. The average Bonchev–Trinajstić information content (AvgIpc) is 3.17. The summed E-state index contributed by atoms with van der Waals surface area (Å²) < 4.78 is 20.5. The van der Waals surface area contributed by atoms with Gasteiger partial charge < -0.3 is 10.1 Å². The van der Waals surface area contributed by atoms with Crippen LogP contribution >= 0.6 is 0 Å². The fourth-order valence-corrected chi connectivity index (χ4v) is 3.33. The standard InChI is InChI=1S/C21H18FN3O4/c1-12-4-7-16(15(22)9-12)24-19(26)11-29-21(28)13-5-6-14-17(10-13)23-18-3-2-8-25(18)20(14)27/h4-7,9-10H,2-3,8,11H2,1H3,(H,24,26). The van der Waals surface area contributed by atoms with Gasteiger partial charge in [0.05, 0.1) is 22.2 Å². The number of fused-ring (bicyclic) bond motifs is 2. The van der Waals surface area contributed by atoms with Crippen LogP contribution in [0.15, 0.2) is 41.2 Å². The third-order valence-electron chi connectivity index (χ3n) is 4.79. The highest BCUT2D eigenvalue weighted by molar-refractivity contribution is 5.97. The number of carbonyl (C=O) groups is 2. The Labute approximate surface area is 165 Å². The Morgan fingerprint density at radius 3 is 2.86 bits per heavy atom. The molecule has 2 heterocycles. The Balaban J connectivity index is 1.45. The maximum absolute atomic E-state index is 13.8. The molecule has 7 nitrogen and oxygen atoms in total. The fraction of sp³-hybridized carbons (Fsp3) is 0.238. The Hall–Kier alpha value is -3.55. The number of esters is 1. The number of benzene rings is 2. The van der Waals surface area contributed by atoms with Gasteiger partial charge in [-0.1, -0.05) is 6.07 Å². The summed E-state index contributed by atoms with van der Waals surface area (Å²) in [5.41, 5.74) is 1.22. The number of ether oxygens (including phenoxy) is 1. The van der Waals surface area contributed by atoms with Crippen molar-refractivity contribution in [2.24, 2.45) is 0 Å². The first-order valence-corrected chi connectivity index (χ1v) is 9.19. The van der Waals surface area contributed by atoms with Crippen molar-refractivity contribution in [1.29, 1.82) is 0 Å². The smallest absolute Gasteiger partial charge is 0.338 e. The van der Waals surface area contributed by atoms with Crippen LogP contribution in [0, 0.1) is 12.7 Å². The summed E-state index contributed by atoms with van der Waals surface area (Å²) in [6.45, 7) is 1.82. The molecule has 0 spiro atoms. The molecule has 0 unspecified atom stereocenters. The largest absolute Gasteiger partial charge is 0.452 e. The second kappa shape index (κ2) is 7.46. The molecule has 0 saturated carbocycles. The highest BCUT2D eigenvalue weighted by atomic mass is 19.1. The second-order valence-electron chi connectivity index (χ2n) is 6.93. The topological polar surface area (TPSA) is 90.3 Å². The van der Waals surface area contributed by atoms with Gasteiger partial charge in [-0.3, -0.25) is 14.2 Å². The van der Waals surface area contributed by atoms with Crippen molar-refractivity contribution in [1.82, 2.24) is 9.55 Å². The van der Waals surface area contributed by atoms with Crippen molar-refractivity contribution in [3.8, 4) is 0 Å². The molecule has 29 heavy (non-hydrogen) atoms. The molecule has 0 bridgehead atoms. The first kappa shape index (κ1) is 18.8. The molecule has 0 atom stereocenters. The maximum atomic E-state index is 13.8. The van der Waals surface area contributed by atoms with Gasteiger partial charge in [-0.25, -0.2) is 14.2 Å². The minimum Gasteiger partial charge on any atom is -0.452 e. The van der Waals surface area contributed by atoms with Crippen LogP contribution in [-0.2, 0) is 22.5 Å². The lowest BCUT2D eigenvalue weighted by molar-refractivity contribution is -0.119. The van der Waals surface area contributed by atoms with Crippen LogP contribution < -0.4 is 10.9 Å². The zero-order valence-corrected chi connectivity index (χ0v) is 15.7. The normalized spacial score (nSPS) is 12.6. The van der Waals surface area contributed by atoms with E-state index in [-0.39, 0.29) is 16.8 Å². The summed E-state index contributed by atoms with van der Waals surface area (Å²) >= 11 is 0. The zero-order chi connectivity index (χ0) is 20.5. The molecule has 4 rings (SSSR count). The number of rotatable bonds is 4. The molecule has 0 radical (unpaired) electrons. The monoisotopic (exact) mass is 395 g/mol. The lowest BCUT2D eigenvalue weighted by atomic mass is 10.1. The molecular formula is C21H18FN3O4. The van der Waals surface area contributed by atoms with E-state index in [0.29, 0.717) is 23.3 Å². The van der Waals surface area contributed by atoms with Gasteiger partial charge in [0.15, 0.2) is 6.61 Å². The van der Waals surface area contributed by atoms with Crippen LogP contribution in [0.2, 0.25) is 0 Å². The maximum Gasteiger partial charge on any atom is 0.338 e. The Kier molecular flexibility index (Phi) is 4.84. The van der Waals surface area contributed by atoms with E-state index >= 15 is 0 Å². The number of halogens is 1. The number of hydrogen-bond donors (Lipinski definition) is 1. The minimum atomic E-state index is -0.728. The highest BCUT2D eigenvalue weighted by Crippen LogP contribution is 2.17. The summed E-state index contributed by atoms with van der Waals surface area (Å²) in [5.74, 6) is -1.25. The van der Waals surface area contributed by atoms with Gasteiger partial charge in [0.2, 0.25) is 0 Å². The van der Waals surface area contributed by atoms with Crippen LogP contribution in [0.4, 0.5) is 10.1 Å². The van der Waals surface area contributed by atoms with Gasteiger partial charge in [0.1, 0.15) is 11.6 Å². The van der Waals surface area contributed by atoms with Gasteiger partial charge in [-0.15, -0.1) is 0 Å². The van der Waals surface area contributed by atoms with Crippen molar-refractivity contribution in [3.63, 3.8) is 0 Å². The predicted molar refractivity (Wildman–Crippen MR) is 104 cm³/mol. The molecule has 1 amide bonds. The second-order valence-corrected chi connectivity index (χ2v) is 6.93. The van der Waals surface area contributed by atoms with Crippen molar-refractivity contribution in [2.45, 2.75) is 26.3 Å². The Morgan fingerprint density at radius 2 is 2.07 bits per heavy atom. The lowest BCUT2D eigenvalue weighted by Crippen LogP contribution is -2.22. The molecule has 0 fully saturated rings. The van der Waals surface area contributed by atoms with E-state index in [9.17, 15) is 18.8 Å². The van der Waals surface area contributed by atoms with Crippen LogP contribution in [-0.4, -0.2) is 28.0 Å². The summed E-state index contributed by atoms with van der Waals surface area (Å²) in [7, 11) is 0. The van der Waals surface area contributed by atoms with Crippen molar-refractivity contribution >= 4 is 28.5 Å². The summed E-state index contributed by atoms with van der Waals surface area (Å²) in [6.07, 6.45) is 1.58. The third-order valence-corrected chi connectivity index (χ3v) is 4.79. The fourth-order valence-electron chi connectivity index (χ4n) is 3.33. The Morgan fingerprint density at radius 1 is 1.24 bits per heavy atom. The molecule has 1 aliphatic heterocycles. The van der Waals surface area contributed by atoms with Crippen molar-refractivity contribution in [2.75, 3.05) is 11.9 Å². The molecule has 1 aliphatic rings. The van der Waals surface area contributed by atoms with Gasteiger partial charge in [0.25, 0.3) is 11.5 Å². The predicted octanol–water partition coefficient (Wildman–Crippen LogP) is 2.59. The minimum absolute atomic E-state index is 0.0147. The van der Waals surface area contributed by atoms with Gasteiger partial charge in [-0.2, -0.15) is 0 Å². The number of amides is 1. The van der Waals surface area contributed by atoms with Gasteiger partial charge in [-0.05, 0) is 49.2 Å². The molecule has 0 saturated heterocycles. The van der Waals surface area contributed by atoms with Crippen molar-refractivity contribution in [3.05, 3.63) is 69.5 Å². The Bertz CT molecular complexity index is 1200. The molecule has 3 aromatic rings. The van der Waals surface area contributed by atoms with Crippen LogP contribution in [0.3, 0.4) is 0 Å². The molecule has 0 aliphatic carbocycles.